The van der Waals surface area contributed by atoms with E-state index in [2.05, 4.69) is 60.4 Å². The van der Waals surface area contributed by atoms with Gasteiger partial charge < -0.3 is 9.80 Å². The Labute approximate surface area is 161 Å². The Kier molecular flexibility index (Phi) is 8.63. The van der Waals surface area contributed by atoms with Crippen LogP contribution in [0.2, 0.25) is 0 Å². The summed E-state index contributed by atoms with van der Waals surface area (Å²) in [5.74, 6) is 0.775. The molecular weight excluding hydrogens is 378 g/mol. The molecule has 0 aliphatic carbocycles. The van der Waals surface area contributed by atoms with Crippen LogP contribution in [0.4, 0.5) is 0 Å². The van der Waals surface area contributed by atoms with Crippen molar-refractivity contribution in [2.24, 2.45) is 4.99 Å². The third-order valence-corrected chi connectivity index (χ3v) is 5.68. The monoisotopic (exact) mass is 409 g/mol. The van der Waals surface area contributed by atoms with Gasteiger partial charge >= 0.3 is 0 Å². The van der Waals surface area contributed by atoms with Crippen LogP contribution in [-0.2, 0) is 4.79 Å². The summed E-state index contributed by atoms with van der Waals surface area (Å²) in [6.45, 7) is 10.5. The molecule has 0 saturated carbocycles. The second-order valence-corrected chi connectivity index (χ2v) is 7.44. The number of allylic oxidation sites excluding steroid dienone is 4. The third-order valence-electron chi connectivity index (χ3n) is 4.78. The number of carbonyl (C=O) groups excluding carboxylic acids is 1. The lowest BCUT2D eigenvalue weighted by Crippen LogP contribution is -2.40. The van der Waals surface area contributed by atoms with Crippen molar-refractivity contribution in [3.8, 4) is 0 Å². The Balaban J connectivity index is 3.24. The topological polar surface area (TPSA) is 35.9 Å². The van der Waals surface area contributed by atoms with E-state index >= 15 is 0 Å². The van der Waals surface area contributed by atoms with E-state index in [1.807, 2.05) is 26.2 Å². The van der Waals surface area contributed by atoms with E-state index in [0.29, 0.717) is 5.71 Å². The predicted octanol–water partition coefficient (Wildman–Crippen LogP) is 5.23. The summed E-state index contributed by atoms with van der Waals surface area (Å²) < 4.78 is 1.03. The summed E-state index contributed by atoms with van der Waals surface area (Å²) in [5.41, 5.74) is 2.86. The van der Waals surface area contributed by atoms with Crippen molar-refractivity contribution in [2.75, 3.05) is 14.1 Å². The molecule has 0 saturated heterocycles. The van der Waals surface area contributed by atoms with Gasteiger partial charge in [-0.1, -0.05) is 48.7 Å². The van der Waals surface area contributed by atoms with Gasteiger partial charge in [-0.05, 0) is 45.3 Å². The lowest BCUT2D eigenvalue weighted by molar-refractivity contribution is -0.124. The Morgan fingerprint density at radius 1 is 1.40 bits per heavy atom. The van der Waals surface area contributed by atoms with Crippen molar-refractivity contribution in [1.82, 2.24) is 9.80 Å². The summed E-state index contributed by atoms with van der Waals surface area (Å²) >= 11 is 3.63. The van der Waals surface area contributed by atoms with Crippen LogP contribution in [-0.4, -0.2) is 41.6 Å². The fourth-order valence-corrected chi connectivity index (χ4v) is 3.09. The van der Waals surface area contributed by atoms with Gasteiger partial charge in [-0.25, -0.2) is 4.99 Å². The fourth-order valence-electron chi connectivity index (χ4n) is 2.61. The normalized spacial score (nSPS) is 18.6. The number of rotatable bonds is 7. The molecule has 1 heterocycles. The van der Waals surface area contributed by atoms with Gasteiger partial charge in [-0.15, -0.1) is 0 Å². The van der Waals surface area contributed by atoms with E-state index < -0.39 is 0 Å². The highest BCUT2D eigenvalue weighted by atomic mass is 79.9. The zero-order chi connectivity index (χ0) is 19.1. The van der Waals surface area contributed by atoms with Crippen molar-refractivity contribution >= 4 is 27.5 Å². The zero-order valence-corrected chi connectivity index (χ0v) is 18.3. The number of hydrogen-bond donors (Lipinski definition) is 0. The van der Waals surface area contributed by atoms with Gasteiger partial charge in [0.05, 0.1) is 0 Å². The van der Waals surface area contributed by atoms with E-state index in [4.69, 9.17) is 0 Å². The minimum Gasteiger partial charge on any atom is -0.338 e. The van der Waals surface area contributed by atoms with Crippen molar-refractivity contribution in [3.63, 3.8) is 0 Å². The first kappa shape index (κ1) is 21.7. The van der Waals surface area contributed by atoms with Crippen molar-refractivity contribution in [1.29, 1.82) is 0 Å². The first-order valence-electron chi connectivity index (χ1n) is 9.13. The zero-order valence-electron chi connectivity index (χ0n) is 16.7. The van der Waals surface area contributed by atoms with E-state index in [0.717, 1.165) is 41.7 Å². The molecule has 5 heteroatoms. The Hall–Kier alpha value is -1.36. The van der Waals surface area contributed by atoms with E-state index in [1.54, 1.807) is 4.90 Å². The molecule has 140 valence electrons. The first-order chi connectivity index (χ1) is 11.8. The standard InChI is InChI=1S/C20H32BrN3O/c1-8-11-15(5)23(6)20(25)18-12-16(10-3)24(7)19(22-18)13-17(21)14(4)9-2/h12-13,15H,8-11H2,1-7H3/b17-14+,19-13-. The van der Waals surface area contributed by atoms with Crippen LogP contribution < -0.4 is 0 Å². The highest BCUT2D eigenvalue weighted by Gasteiger charge is 2.24. The number of halogens is 1. The SMILES string of the molecule is CCCC(C)N(C)C(=O)C1=N/C(=C/C(Br)=C(/C)CC)N(C)C(CC)=C1. The van der Waals surface area contributed by atoms with Crippen molar-refractivity contribution in [2.45, 2.75) is 66.3 Å². The van der Waals surface area contributed by atoms with E-state index in [-0.39, 0.29) is 11.9 Å². The van der Waals surface area contributed by atoms with Gasteiger partial charge in [0, 0.05) is 30.3 Å². The molecule has 1 unspecified atom stereocenters. The van der Waals surface area contributed by atoms with Crippen LogP contribution >= 0.6 is 15.9 Å². The van der Waals surface area contributed by atoms with Crippen molar-refractivity contribution in [3.05, 3.63) is 33.7 Å². The summed E-state index contributed by atoms with van der Waals surface area (Å²) in [5, 5.41) is 0. The third kappa shape index (κ3) is 5.56. The smallest absolute Gasteiger partial charge is 0.272 e. The second kappa shape index (κ2) is 9.95. The molecule has 0 fully saturated rings. The molecule has 1 atom stereocenters. The van der Waals surface area contributed by atoms with E-state index in [1.165, 1.54) is 5.57 Å². The molecule has 4 nitrogen and oxygen atoms in total. The quantitative estimate of drug-likeness (QED) is 0.576. The lowest BCUT2D eigenvalue weighted by Gasteiger charge is -2.29. The van der Waals surface area contributed by atoms with Gasteiger partial charge in [0.1, 0.15) is 11.5 Å². The summed E-state index contributed by atoms with van der Waals surface area (Å²) in [6.07, 6.45) is 7.79. The maximum Gasteiger partial charge on any atom is 0.272 e. The molecule has 0 aromatic carbocycles. The largest absolute Gasteiger partial charge is 0.338 e. The number of hydrogen-bond acceptors (Lipinski definition) is 3. The van der Waals surface area contributed by atoms with Gasteiger partial charge in [0.15, 0.2) is 0 Å². The van der Waals surface area contributed by atoms with Crippen LogP contribution in [0.3, 0.4) is 0 Å². The molecule has 1 aliphatic rings. The van der Waals surface area contributed by atoms with Crippen LogP contribution in [0.15, 0.2) is 38.7 Å². The maximum atomic E-state index is 12.9. The Morgan fingerprint density at radius 2 is 2.04 bits per heavy atom. The van der Waals surface area contributed by atoms with Crippen LogP contribution in [0.25, 0.3) is 0 Å². The molecule has 1 amide bonds. The van der Waals surface area contributed by atoms with Crippen LogP contribution in [0.1, 0.15) is 60.3 Å². The Bertz CT molecular complexity index is 616. The highest BCUT2D eigenvalue weighted by Crippen LogP contribution is 2.25. The molecule has 0 bridgehead atoms. The molecule has 0 spiro atoms. The summed E-state index contributed by atoms with van der Waals surface area (Å²) in [6, 6.07) is 0.208. The molecule has 0 N–H and O–H groups in total. The molecule has 0 aromatic heterocycles. The predicted molar refractivity (Wildman–Crippen MR) is 111 cm³/mol. The second-order valence-electron chi connectivity index (χ2n) is 6.58. The average Bonchev–Trinajstić information content (AvgIpc) is 2.61. The van der Waals surface area contributed by atoms with Crippen LogP contribution in [0.5, 0.6) is 0 Å². The van der Waals surface area contributed by atoms with E-state index in [9.17, 15) is 4.79 Å². The lowest BCUT2D eigenvalue weighted by atomic mass is 10.1. The summed E-state index contributed by atoms with van der Waals surface area (Å²) in [4.78, 5) is 21.4. The average molecular weight is 410 g/mol. The molecule has 1 rings (SSSR count). The number of nitrogens with zero attached hydrogens (tertiary/aromatic N) is 3. The van der Waals surface area contributed by atoms with Gasteiger partial charge in [0.25, 0.3) is 5.91 Å². The van der Waals surface area contributed by atoms with Gasteiger partial charge in [-0.3, -0.25) is 4.79 Å². The minimum absolute atomic E-state index is 0.0155. The Morgan fingerprint density at radius 3 is 2.56 bits per heavy atom. The highest BCUT2D eigenvalue weighted by molar-refractivity contribution is 9.11. The van der Waals surface area contributed by atoms with Gasteiger partial charge in [-0.2, -0.15) is 0 Å². The molecule has 25 heavy (non-hydrogen) atoms. The first-order valence-corrected chi connectivity index (χ1v) is 9.93. The molecule has 0 radical (unpaired) electrons. The number of aliphatic imine (C=N–C) groups is 1. The fraction of sp³-hybridized carbons (Fsp3) is 0.600. The number of carbonyl (C=O) groups is 1. The van der Waals surface area contributed by atoms with Gasteiger partial charge in [0.2, 0.25) is 0 Å². The van der Waals surface area contributed by atoms with Crippen LogP contribution in [0, 0.1) is 0 Å². The molecule has 0 aromatic rings. The molecule has 1 aliphatic heterocycles. The maximum absolute atomic E-state index is 12.9. The summed E-state index contributed by atoms with van der Waals surface area (Å²) in [7, 11) is 3.86. The van der Waals surface area contributed by atoms with Crippen molar-refractivity contribution < 1.29 is 4.79 Å². The number of amides is 1. The minimum atomic E-state index is -0.0155. The molecular formula is C20H32BrN3O.